The summed E-state index contributed by atoms with van der Waals surface area (Å²) in [7, 11) is 0. The predicted octanol–water partition coefficient (Wildman–Crippen LogP) is 3.44. The van der Waals surface area contributed by atoms with E-state index in [0.717, 1.165) is 37.2 Å². The molecule has 0 spiro atoms. The second-order valence-corrected chi connectivity index (χ2v) is 9.97. The number of nitrogens with two attached hydrogens (primary N) is 1. The second kappa shape index (κ2) is 12.6. The first-order valence-electron chi connectivity index (χ1n) is 11.9. The Hall–Kier alpha value is -2.81. The van der Waals surface area contributed by atoms with Crippen LogP contribution < -0.4 is 16.0 Å². The molecule has 0 saturated carbocycles. The van der Waals surface area contributed by atoms with Crippen molar-refractivity contribution in [2.75, 3.05) is 18.0 Å². The van der Waals surface area contributed by atoms with Crippen LogP contribution in [-0.2, 0) is 25.7 Å². The molecule has 1 aromatic rings. The zero-order chi connectivity index (χ0) is 25.3. The maximum absolute atomic E-state index is 12.2. The number of carbonyl (C=O) groups excluding carboxylic acids is 2. The maximum Gasteiger partial charge on any atom is 0.407 e. The Morgan fingerprint density at radius 3 is 2.32 bits per heavy atom. The fourth-order valence-electron chi connectivity index (χ4n) is 3.97. The summed E-state index contributed by atoms with van der Waals surface area (Å²) in [6.45, 7) is 9.25. The van der Waals surface area contributed by atoms with Gasteiger partial charge in [-0.25, -0.2) is 4.79 Å². The van der Waals surface area contributed by atoms with E-state index in [1.54, 1.807) is 20.8 Å². The van der Waals surface area contributed by atoms with Crippen molar-refractivity contribution in [3.63, 3.8) is 0 Å². The van der Waals surface area contributed by atoms with E-state index in [9.17, 15) is 14.4 Å². The molecular formula is C25H39N3O6. The van der Waals surface area contributed by atoms with E-state index >= 15 is 0 Å². The largest absolute Gasteiger partial charge is 0.481 e. The fourth-order valence-corrected chi connectivity index (χ4v) is 3.97. The average molecular weight is 478 g/mol. The minimum atomic E-state index is -0.727. The number of primary amides is 1. The maximum atomic E-state index is 12.2. The molecule has 4 N–H and O–H groups in total. The van der Waals surface area contributed by atoms with Gasteiger partial charge in [-0.3, -0.25) is 9.59 Å². The van der Waals surface area contributed by atoms with E-state index < -0.39 is 29.6 Å². The normalized spacial score (nSPS) is 16.5. The van der Waals surface area contributed by atoms with Crippen LogP contribution in [0.15, 0.2) is 24.3 Å². The molecule has 9 nitrogen and oxygen atoms in total. The van der Waals surface area contributed by atoms with Gasteiger partial charge in [-0.15, -0.1) is 0 Å². The summed E-state index contributed by atoms with van der Waals surface area (Å²) >= 11 is 0. The van der Waals surface area contributed by atoms with Crippen molar-refractivity contribution in [1.29, 1.82) is 0 Å². The molecular weight excluding hydrogens is 438 g/mol. The highest BCUT2D eigenvalue weighted by Crippen LogP contribution is 2.25. The lowest BCUT2D eigenvalue weighted by atomic mass is 9.93. The van der Waals surface area contributed by atoms with Crippen molar-refractivity contribution < 1.29 is 29.0 Å². The molecule has 0 aromatic heterocycles. The first kappa shape index (κ1) is 27.4. The number of amides is 2. The number of carboxylic acids is 1. The number of piperidine rings is 1. The summed E-state index contributed by atoms with van der Waals surface area (Å²) in [6.07, 6.45) is 1.57. The predicted molar refractivity (Wildman–Crippen MR) is 129 cm³/mol. The van der Waals surface area contributed by atoms with Gasteiger partial charge in [0.2, 0.25) is 5.91 Å². The van der Waals surface area contributed by atoms with Gasteiger partial charge in [0, 0.05) is 31.6 Å². The summed E-state index contributed by atoms with van der Waals surface area (Å²) in [4.78, 5) is 36.7. The molecule has 0 unspecified atom stereocenters. The van der Waals surface area contributed by atoms with Crippen LogP contribution in [0.3, 0.4) is 0 Å². The molecule has 2 rings (SSSR count). The van der Waals surface area contributed by atoms with Crippen molar-refractivity contribution in [3.8, 4) is 0 Å². The number of aliphatic carboxylic acids is 1. The van der Waals surface area contributed by atoms with Crippen molar-refractivity contribution in [1.82, 2.24) is 5.32 Å². The molecule has 1 aliphatic rings. The van der Waals surface area contributed by atoms with Crippen LogP contribution in [0, 0.1) is 5.92 Å². The molecule has 190 valence electrons. The van der Waals surface area contributed by atoms with E-state index in [1.165, 1.54) is 0 Å². The third-order valence-electron chi connectivity index (χ3n) is 5.86. The molecule has 2 amide bonds. The molecule has 0 radical (unpaired) electrons. The lowest BCUT2D eigenvalue weighted by Crippen LogP contribution is -2.45. The zero-order valence-electron chi connectivity index (χ0n) is 20.7. The average Bonchev–Trinajstić information content (AvgIpc) is 2.74. The molecule has 1 aromatic carbocycles. The Labute approximate surface area is 202 Å². The van der Waals surface area contributed by atoms with Gasteiger partial charge >= 0.3 is 12.1 Å². The summed E-state index contributed by atoms with van der Waals surface area (Å²) in [5.41, 5.74) is 6.76. The van der Waals surface area contributed by atoms with Crippen LogP contribution in [0.4, 0.5) is 10.5 Å². The summed E-state index contributed by atoms with van der Waals surface area (Å²) in [6, 6.07) is 7.68. The Morgan fingerprint density at radius 2 is 1.79 bits per heavy atom. The van der Waals surface area contributed by atoms with Crippen LogP contribution >= 0.6 is 0 Å². The van der Waals surface area contributed by atoms with Crippen LogP contribution in [0.5, 0.6) is 0 Å². The topological polar surface area (TPSA) is 131 Å². The molecule has 2 atom stereocenters. The standard InChI is InChI=1S/C25H39N3O6/c1-17(21(9-10-22(26)29)27-24(32)34-25(2,3)4)33-16-19-5-7-20(8-6-19)28-13-11-18(12-14-28)15-23(30)31/h5-8,17-18,21H,9-16H2,1-4H3,(H2,26,29)(H,27,32)(H,30,31)/t17-,21+/m1/s1. The van der Waals surface area contributed by atoms with Gasteiger partial charge in [0.15, 0.2) is 0 Å². The van der Waals surface area contributed by atoms with E-state index in [-0.39, 0.29) is 24.9 Å². The van der Waals surface area contributed by atoms with E-state index in [2.05, 4.69) is 10.2 Å². The third kappa shape index (κ3) is 9.99. The number of carbonyl (C=O) groups is 3. The van der Waals surface area contributed by atoms with Crippen LogP contribution in [0.2, 0.25) is 0 Å². The number of benzene rings is 1. The van der Waals surface area contributed by atoms with Gasteiger partial charge in [-0.05, 0) is 70.6 Å². The highest BCUT2D eigenvalue weighted by Gasteiger charge is 2.25. The first-order chi connectivity index (χ1) is 15.9. The van der Waals surface area contributed by atoms with E-state index in [0.29, 0.717) is 13.0 Å². The van der Waals surface area contributed by atoms with Gasteiger partial charge in [-0.1, -0.05) is 12.1 Å². The molecule has 0 aliphatic carbocycles. The number of hydrogen-bond donors (Lipinski definition) is 3. The number of nitrogens with one attached hydrogen (secondary N) is 1. The molecule has 1 saturated heterocycles. The van der Waals surface area contributed by atoms with Crippen LogP contribution in [-0.4, -0.2) is 53.9 Å². The zero-order valence-corrected chi connectivity index (χ0v) is 20.7. The molecule has 0 bridgehead atoms. The van der Waals surface area contributed by atoms with Gasteiger partial charge in [0.05, 0.1) is 18.8 Å². The van der Waals surface area contributed by atoms with Crippen molar-refractivity contribution in [2.45, 2.75) is 84.2 Å². The molecule has 9 heteroatoms. The Balaban J connectivity index is 1.88. The van der Waals surface area contributed by atoms with E-state index in [1.807, 2.05) is 31.2 Å². The van der Waals surface area contributed by atoms with Crippen molar-refractivity contribution in [2.24, 2.45) is 11.7 Å². The number of alkyl carbamates (subject to hydrolysis) is 1. The fraction of sp³-hybridized carbons (Fsp3) is 0.640. The molecule has 34 heavy (non-hydrogen) atoms. The molecule has 1 fully saturated rings. The van der Waals surface area contributed by atoms with Gasteiger partial charge in [0.1, 0.15) is 5.60 Å². The molecule has 1 aliphatic heterocycles. The van der Waals surface area contributed by atoms with Gasteiger partial charge < -0.3 is 30.5 Å². The Bertz CT molecular complexity index is 813. The van der Waals surface area contributed by atoms with Crippen LogP contribution in [0.1, 0.15) is 65.4 Å². The number of anilines is 1. The highest BCUT2D eigenvalue weighted by molar-refractivity contribution is 5.74. The van der Waals surface area contributed by atoms with Crippen molar-refractivity contribution >= 4 is 23.7 Å². The highest BCUT2D eigenvalue weighted by atomic mass is 16.6. The Kier molecular flexibility index (Phi) is 10.2. The van der Waals surface area contributed by atoms with Gasteiger partial charge in [0.25, 0.3) is 0 Å². The smallest absolute Gasteiger partial charge is 0.407 e. The number of nitrogens with zero attached hydrogens (tertiary/aromatic N) is 1. The lowest BCUT2D eigenvalue weighted by molar-refractivity contribution is -0.138. The summed E-state index contributed by atoms with van der Waals surface area (Å²) in [5, 5.41) is 11.8. The van der Waals surface area contributed by atoms with E-state index in [4.69, 9.17) is 20.3 Å². The minimum absolute atomic E-state index is 0.131. The first-order valence-corrected chi connectivity index (χ1v) is 11.9. The minimum Gasteiger partial charge on any atom is -0.481 e. The number of rotatable bonds is 11. The monoisotopic (exact) mass is 477 g/mol. The molecule has 1 heterocycles. The van der Waals surface area contributed by atoms with Gasteiger partial charge in [-0.2, -0.15) is 0 Å². The lowest BCUT2D eigenvalue weighted by Gasteiger charge is -2.33. The number of ether oxygens (including phenoxy) is 2. The Morgan fingerprint density at radius 1 is 1.18 bits per heavy atom. The second-order valence-electron chi connectivity index (χ2n) is 9.97. The third-order valence-corrected chi connectivity index (χ3v) is 5.86. The SMILES string of the molecule is C[C@@H](OCc1ccc(N2CCC(CC(=O)O)CC2)cc1)[C@H](CCC(N)=O)NC(=O)OC(C)(C)C. The number of carboxylic acid groups (broad SMARTS) is 1. The van der Waals surface area contributed by atoms with Crippen LogP contribution in [0.25, 0.3) is 0 Å². The van der Waals surface area contributed by atoms with Crippen molar-refractivity contribution in [3.05, 3.63) is 29.8 Å². The summed E-state index contributed by atoms with van der Waals surface area (Å²) < 4.78 is 11.3. The number of hydrogen-bond acceptors (Lipinski definition) is 6. The quantitative estimate of drug-likeness (QED) is 0.445. The summed E-state index contributed by atoms with van der Waals surface area (Å²) in [5.74, 6) is -0.916.